The van der Waals surface area contributed by atoms with Crippen molar-refractivity contribution in [3.05, 3.63) is 0 Å². The number of nitrogens with zero attached hydrogens (tertiary/aromatic N) is 1. The lowest BCUT2D eigenvalue weighted by molar-refractivity contribution is -0.133. The van der Waals surface area contributed by atoms with Crippen LogP contribution in [0, 0.1) is 5.92 Å². The Kier molecular flexibility index (Phi) is 6.40. The Hall–Kier alpha value is -0.0500. The van der Waals surface area contributed by atoms with Gasteiger partial charge in [-0.2, -0.15) is 0 Å². The lowest BCUT2D eigenvalue weighted by Crippen LogP contribution is -2.41. The number of amides is 1. The minimum atomic E-state index is 0.361. The molecule has 1 amide bonds. The SMILES string of the molecule is CC(C)CCC(=O)N1CCCCCC1CBr. The van der Waals surface area contributed by atoms with Crippen LogP contribution in [0.5, 0.6) is 0 Å². The minimum absolute atomic E-state index is 0.361. The highest BCUT2D eigenvalue weighted by molar-refractivity contribution is 9.09. The molecule has 1 atom stereocenters. The topological polar surface area (TPSA) is 20.3 Å². The van der Waals surface area contributed by atoms with Gasteiger partial charge in [-0.25, -0.2) is 0 Å². The van der Waals surface area contributed by atoms with Gasteiger partial charge in [0, 0.05) is 24.3 Å². The molecule has 0 spiro atoms. The van der Waals surface area contributed by atoms with Gasteiger partial charge in [0.15, 0.2) is 0 Å². The summed E-state index contributed by atoms with van der Waals surface area (Å²) in [7, 11) is 0. The molecule has 0 aromatic carbocycles. The number of carbonyl (C=O) groups is 1. The average Bonchev–Trinajstić information content (AvgIpc) is 2.50. The van der Waals surface area contributed by atoms with Crippen molar-refractivity contribution >= 4 is 21.8 Å². The fraction of sp³-hybridized carbons (Fsp3) is 0.923. The van der Waals surface area contributed by atoms with E-state index in [0.717, 1.165) is 24.7 Å². The second-order valence-corrected chi connectivity index (χ2v) is 5.82. The molecule has 94 valence electrons. The van der Waals surface area contributed by atoms with Crippen molar-refractivity contribution in [2.75, 3.05) is 11.9 Å². The molecule has 1 unspecified atom stereocenters. The van der Waals surface area contributed by atoms with E-state index in [1.807, 2.05) is 0 Å². The van der Waals surface area contributed by atoms with Crippen LogP contribution in [-0.4, -0.2) is 28.7 Å². The van der Waals surface area contributed by atoms with Crippen molar-refractivity contribution in [2.24, 2.45) is 5.92 Å². The lowest BCUT2D eigenvalue weighted by Gasteiger charge is -2.29. The Morgan fingerprint density at radius 1 is 1.38 bits per heavy atom. The summed E-state index contributed by atoms with van der Waals surface area (Å²) in [5, 5.41) is 0.931. The second-order valence-electron chi connectivity index (χ2n) is 5.18. The maximum atomic E-state index is 12.1. The van der Waals surface area contributed by atoms with Gasteiger partial charge in [0.05, 0.1) is 0 Å². The van der Waals surface area contributed by atoms with Gasteiger partial charge in [0.25, 0.3) is 0 Å². The third-order valence-corrected chi connectivity index (χ3v) is 4.06. The first kappa shape index (κ1) is 14.0. The van der Waals surface area contributed by atoms with Crippen LogP contribution < -0.4 is 0 Å². The number of likely N-dealkylation sites (tertiary alicyclic amines) is 1. The Morgan fingerprint density at radius 3 is 2.75 bits per heavy atom. The number of hydrogen-bond donors (Lipinski definition) is 0. The first-order chi connectivity index (χ1) is 7.65. The van der Waals surface area contributed by atoms with Crippen LogP contribution in [0.3, 0.4) is 0 Å². The minimum Gasteiger partial charge on any atom is -0.339 e. The summed E-state index contributed by atoms with van der Waals surface area (Å²) in [4.78, 5) is 14.2. The molecule has 1 rings (SSSR count). The number of alkyl halides is 1. The molecule has 3 heteroatoms. The normalized spacial score (nSPS) is 22.2. The highest BCUT2D eigenvalue weighted by Crippen LogP contribution is 2.20. The van der Waals surface area contributed by atoms with Crippen LogP contribution in [0.15, 0.2) is 0 Å². The average molecular weight is 290 g/mol. The number of halogens is 1. The highest BCUT2D eigenvalue weighted by atomic mass is 79.9. The molecule has 1 saturated heterocycles. The maximum absolute atomic E-state index is 12.1. The van der Waals surface area contributed by atoms with Crippen LogP contribution in [0.4, 0.5) is 0 Å². The Bertz CT molecular complexity index is 218. The van der Waals surface area contributed by atoms with Gasteiger partial charge >= 0.3 is 0 Å². The molecule has 1 heterocycles. The number of carbonyl (C=O) groups excluding carboxylic acids is 1. The zero-order valence-corrected chi connectivity index (χ0v) is 12.1. The van der Waals surface area contributed by atoms with Crippen molar-refractivity contribution in [3.8, 4) is 0 Å². The van der Waals surface area contributed by atoms with Gasteiger partial charge in [-0.1, -0.05) is 42.6 Å². The zero-order chi connectivity index (χ0) is 12.0. The molecular weight excluding hydrogens is 266 g/mol. The van der Waals surface area contributed by atoms with Crippen LogP contribution in [0.1, 0.15) is 52.4 Å². The van der Waals surface area contributed by atoms with Crippen LogP contribution in [0.2, 0.25) is 0 Å². The smallest absolute Gasteiger partial charge is 0.222 e. The lowest BCUT2D eigenvalue weighted by atomic mass is 10.1. The summed E-state index contributed by atoms with van der Waals surface area (Å²) >= 11 is 3.54. The molecule has 0 bridgehead atoms. The molecule has 1 fully saturated rings. The summed E-state index contributed by atoms with van der Waals surface area (Å²) in [6.07, 6.45) is 6.63. The van der Waals surface area contributed by atoms with Crippen molar-refractivity contribution in [2.45, 2.75) is 58.4 Å². The molecule has 0 radical (unpaired) electrons. The van der Waals surface area contributed by atoms with E-state index in [1.165, 1.54) is 25.7 Å². The predicted molar refractivity (Wildman–Crippen MR) is 71.8 cm³/mol. The summed E-state index contributed by atoms with van der Waals surface area (Å²) in [6.45, 7) is 5.32. The molecular formula is C13H24BrNO. The van der Waals surface area contributed by atoms with E-state index in [4.69, 9.17) is 0 Å². The van der Waals surface area contributed by atoms with E-state index in [9.17, 15) is 4.79 Å². The molecule has 2 nitrogen and oxygen atoms in total. The van der Waals surface area contributed by atoms with E-state index in [1.54, 1.807) is 0 Å². The third-order valence-electron chi connectivity index (χ3n) is 3.31. The Morgan fingerprint density at radius 2 is 2.12 bits per heavy atom. The third kappa shape index (κ3) is 4.44. The van der Waals surface area contributed by atoms with E-state index >= 15 is 0 Å². The Balaban J connectivity index is 2.49. The summed E-state index contributed by atoms with van der Waals surface area (Å²) in [6, 6.07) is 0.433. The highest BCUT2D eigenvalue weighted by Gasteiger charge is 2.24. The summed E-state index contributed by atoms with van der Waals surface area (Å²) in [5.41, 5.74) is 0. The monoisotopic (exact) mass is 289 g/mol. The standard InChI is InChI=1S/C13H24BrNO/c1-11(2)7-8-13(16)15-9-5-3-4-6-12(15)10-14/h11-12H,3-10H2,1-2H3. The van der Waals surface area contributed by atoms with Crippen LogP contribution in [0.25, 0.3) is 0 Å². The van der Waals surface area contributed by atoms with Gasteiger partial charge in [0.2, 0.25) is 5.91 Å². The first-order valence-electron chi connectivity index (χ1n) is 6.50. The van der Waals surface area contributed by atoms with Gasteiger partial charge in [-0.3, -0.25) is 4.79 Å². The van der Waals surface area contributed by atoms with E-state index in [-0.39, 0.29) is 0 Å². The van der Waals surface area contributed by atoms with Crippen molar-refractivity contribution < 1.29 is 4.79 Å². The predicted octanol–water partition coefficient (Wildman–Crippen LogP) is 3.59. The van der Waals surface area contributed by atoms with Crippen molar-refractivity contribution in [3.63, 3.8) is 0 Å². The van der Waals surface area contributed by atoms with Crippen molar-refractivity contribution in [1.82, 2.24) is 4.90 Å². The quantitative estimate of drug-likeness (QED) is 0.725. The van der Waals surface area contributed by atoms with Gasteiger partial charge in [-0.05, 0) is 25.2 Å². The Labute approximate surface area is 108 Å². The molecule has 0 N–H and O–H groups in total. The molecule has 0 aromatic rings. The fourth-order valence-electron chi connectivity index (χ4n) is 2.22. The first-order valence-corrected chi connectivity index (χ1v) is 7.62. The fourth-order valence-corrected chi connectivity index (χ4v) is 2.90. The van der Waals surface area contributed by atoms with Gasteiger partial charge in [0.1, 0.15) is 0 Å². The molecule has 1 aliphatic heterocycles. The maximum Gasteiger partial charge on any atom is 0.222 e. The van der Waals surface area contributed by atoms with E-state index in [2.05, 4.69) is 34.7 Å². The molecule has 16 heavy (non-hydrogen) atoms. The zero-order valence-electron chi connectivity index (χ0n) is 10.5. The number of hydrogen-bond acceptors (Lipinski definition) is 1. The summed E-state index contributed by atoms with van der Waals surface area (Å²) in [5.74, 6) is 0.985. The van der Waals surface area contributed by atoms with Crippen molar-refractivity contribution in [1.29, 1.82) is 0 Å². The van der Waals surface area contributed by atoms with Gasteiger partial charge in [-0.15, -0.1) is 0 Å². The van der Waals surface area contributed by atoms with Gasteiger partial charge < -0.3 is 4.90 Å². The number of rotatable bonds is 4. The van der Waals surface area contributed by atoms with E-state index < -0.39 is 0 Å². The van der Waals surface area contributed by atoms with E-state index in [0.29, 0.717) is 17.9 Å². The van der Waals surface area contributed by atoms with Crippen LogP contribution in [-0.2, 0) is 4.79 Å². The summed E-state index contributed by atoms with van der Waals surface area (Å²) < 4.78 is 0. The largest absolute Gasteiger partial charge is 0.339 e. The molecule has 0 aromatic heterocycles. The molecule has 0 saturated carbocycles. The molecule has 0 aliphatic carbocycles. The second kappa shape index (κ2) is 7.31. The molecule has 1 aliphatic rings. The van der Waals surface area contributed by atoms with Crippen LogP contribution >= 0.6 is 15.9 Å².